The van der Waals surface area contributed by atoms with E-state index in [2.05, 4.69) is 20.6 Å². The van der Waals surface area contributed by atoms with Gasteiger partial charge in [-0.3, -0.25) is 4.79 Å². The van der Waals surface area contributed by atoms with Crippen molar-refractivity contribution in [3.8, 4) is 22.8 Å². The molecule has 1 saturated heterocycles. The first kappa shape index (κ1) is 24.9. The minimum Gasteiger partial charge on any atom is -0.453 e. The van der Waals surface area contributed by atoms with Crippen LogP contribution in [0.1, 0.15) is 34.8 Å². The summed E-state index contributed by atoms with van der Waals surface area (Å²) >= 11 is 0. The first-order valence-corrected chi connectivity index (χ1v) is 12.0. The fourth-order valence-electron chi connectivity index (χ4n) is 4.90. The lowest BCUT2D eigenvalue weighted by Crippen LogP contribution is -2.32. The number of nitrogens with two attached hydrogens (primary N) is 1. The smallest absolute Gasteiger partial charge is 0.417 e. The van der Waals surface area contributed by atoms with Gasteiger partial charge >= 0.3 is 6.18 Å². The van der Waals surface area contributed by atoms with Gasteiger partial charge in [0.25, 0.3) is 5.91 Å². The van der Waals surface area contributed by atoms with Gasteiger partial charge in [0.15, 0.2) is 17.1 Å². The lowest BCUT2D eigenvalue weighted by Gasteiger charge is -2.23. The van der Waals surface area contributed by atoms with E-state index >= 15 is 0 Å². The molecule has 1 atom stereocenters. The summed E-state index contributed by atoms with van der Waals surface area (Å²) in [4.78, 5) is 21.4. The maximum absolute atomic E-state index is 13.5. The molecular weight excluding hydrogens is 522 g/mol. The molecule has 202 valence electrons. The third-order valence-electron chi connectivity index (χ3n) is 6.69. The van der Waals surface area contributed by atoms with Gasteiger partial charge in [-0.1, -0.05) is 0 Å². The van der Waals surface area contributed by atoms with E-state index in [-0.39, 0.29) is 41.9 Å². The standard InChI is InChI=1S/C25H21F4N7O3/c26-12-3-4-14(16(8-12)25(27,28)29)24(37)34-17-6-5-15(20-21(17)39-11-38-20)19-18-22(30)32-10-33-23(18)36(35-19)13-2-1-7-31-9-13/h3-6,8,10,13,31H,1-2,7,9,11H2,(H,34,37)(H2,30,32,33)/t13-/m1/s1. The van der Waals surface area contributed by atoms with Gasteiger partial charge in [0.1, 0.15) is 23.7 Å². The highest BCUT2D eigenvalue weighted by Crippen LogP contribution is 2.48. The number of anilines is 2. The summed E-state index contributed by atoms with van der Waals surface area (Å²) in [5.41, 5.74) is 5.63. The Hall–Kier alpha value is -4.46. The molecule has 10 nitrogen and oxygen atoms in total. The van der Waals surface area contributed by atoms with Crippen LogP contribution in [-0.4, -0.2) is 45.5 Å². The van der Waals surface area contributed by atoms with Gasteiger partial charge in [-0.2, -0.15) is 18.3 Å². The fraction of sp³-hybridized carbons (Fsp3) is 0.280. The number of halogens is 4. The molecule has 0 unspecified atom stereocenters. The molecule has 0 aliphatic carbocycles. The zero-order valence-electron chi connectivity index (χ0n) is 20.2. The van der Waals surface area contributed by atoms with Crippen LogP contribution in [0, 0.1) is 5.82 Å². The van der Waals surface area contributed by atoms with E-state index in [4.69, 9.17) is 20.3 Å². The van der Waals surface area contributed by atoms with Crippen molar-refractivity contribution in [2.24, 2.45) is 0 Å². The Morgan fingerprint density at radius 1 is 1.15 bits per heavy atom. The number of ether oxygens (including phenoxy) is 2. The van der Waals surface area contributed by atoms with Gasteiger partial charge in [-0.05, 0) is 49.7 Å². The second-order valence-electron chi connectivity index (χ2n) is 9.12. The van der Waals surface area contributed by atoms with Crippen LogP contribution in [-0.2, 0) is 6.18 Å². The highest BCUT2D eigenvalue weighted by molar-refractivity contribution is 6.07. The first-order valence-electron chi connectivity index (χ1n) is 12.0. The molecule has 4 heterocycles. The molecule has 14 heteroatoms. The first-order chi connectivity index (χ1) is 18.7. The van der Waals surface area contributed by atoms with E-state index in [9.17, 15) is 22.4 Å². The normalized spacial score (nSPS) is 17.0. The van der Waals surface area contributed by atoms with Crippen LogP contribution in [0.4, 0.5) is 29.1 Å². The topological polar surface area (TPSA) is 129 Å². The second kappa shape index (κ2) is 9.38. The zero-order valence-corrected chi connectivity index (χ0v) is 20.2. The minimum atomic E-state index is -4.93. The number of carbonyl (C=O) groups excluding carboxylic acids is 1. The summed E-state index contributed by atoms with van der Waals surface area (Å²) in [7, 11) is 0. The van der Waals surface area contributed by atoms with Gasteiger partial charge in [0.05, 0.1) is 28.2 Å². The number of nitrogen functional groups attached to an aromatic ring is 1. The summed E-state index contributed by atoms with van der Waals surface area (Å²) in [6.07, 6.45) is -1.72. The predicted molar refractivity (Wildman–Crippen MR) is 132 cm³/mol. The summed E-state index contributed by atoms with van der Waals surface area (Å²) in [6, 6.07) is 4.93. The highest BCUT2D eigenvalue weighted by Gasteiger charge is 2.36. The van der Waals surface area contributed by atoms with E-state index < -0.39 is 29.0 Å². The van der Waals surface area contributed by atoms with Crippen molar-refractivity contribution in [1.82, 2.24) is 25.1 Å². The number of amides is 1. The van der Waals surface area contributed by atoms with E-state index in [1.54, 1.807) is 10.7 Å². The fourth-order valence-corrected chi connectivity index (χ4v) is 4.90. The molecule has 0 spiro atoms. The Morgan fingerprint density at radius 3 is 2.74 bits per heavy atom. The van der Waals surface area contributed by atoms with Gasteiger partial charge in [0.2, 0.25) is 6.79 Å². The highest BCUT2D eigenvalue weighted by atomic mass is 19.4. The largest absolute Gasteiger partial charge is 0.453 e. The van der Waals surface area contributed by atoms with Crippen LogP contribution < -0.4 is 25.8 Å². The van der Waals surface area contributed by atoms with Crippen molar-refractivity contribution in [2.45, 2.75) is 25.1 Å². The number of piperidine rings is 1. The molecule has 6 rings (SSSR count). The number of benzene rings is 2. The number of hydrogen-bond donors (Lipinski definition) is 3. The number of fused-ring (bicyclic) bond motifs is 2. The molecular formula is C25H21F4N7O3. The monoisotopic (exact) mass is 543 g/mol. The van der Waals surface area contributed by atoms with Gasteiger partial charge in [-0.15, -0.1) is 0 Å². The Bertz CT molecular complexity index is 1600. The summed E-state index contributed by atoms with van der Waals surface area (Å²) in [5.74, 6) is -1.66. The number of aromatic nitrogens is 4. The molecule has 2 aromatic heterocycles. The third kappa shape index (κ3) is 4.35. The lowest BCUT2D eigenvalue weighted by atomic mass is 10.0. The van der Waals surface area contributed by atoms with E-state index in [0.29, 0.717) is 28.8 Å². The summed E-state index contributed by atoms with van der Waals surface area (Å²) in [5, 5.41) is 11.1. The molecule has 39 heavy (non-hydrogen) atoms. The third-order valence-corrected chi connectivity index (χ3v) is 6.69. The molecule has 1 fully saturated rings. The van der Waals surface area contributed by atoms with Crippen LogP contribution in [0.2, 0.25) is 0 Å². The lowest BCUT2D eigenvalue weighted by molar-refractivity contribution is -0.138. The zero-order chi connectivity index (χ0) is 27.3. The van der Waals surface area contributed by atoms with Crippen molar-refractivity contribution < 1.29 is 31.8 Å². The van der Waals surface area contributed by atoms with Crippen LogP contribution in [0.15, 0.2) is 36.7 Å². The van der Waals surface area contributed by atoms with Crippen molar-refractivity contribution in [1.29, 1.82) is 0 Å². The Balaban J connectivity index is 1.41. The Kier molecular flexibility index (Phi) is 5.98. The average Bonchev–Trinajstić information content (AvgIpc) is 3.56. The van der Waals surface area contributed by atoms with E-state index in [1.807, 2.05) is 0 Å². The van der Waals surface area contributed by atoms with Gasteiger partial charge < -0.3 is 25.8 Å². The van der Waals surface area contributed by atoms with Crippen molar-refractivity contribution >= 4 is 28.4 Å². The molecule has 0 bridgehead atoms. The molecule has 0 saturated carbocycles. The molecule has 4 N–H and O–H groups in total. The maximum atomic E-state index is 13.5. The molecule has 4 aromatic rings. The van der Waals surface area contributed by atoms with E-state index in [1.165, 1.54) is 12.4 Å². The SMILES string of the molecule is Nc1ncnc2c1c(-c1ccc(NC(=O)c3ccc(F)cc3C(F)(F)F)c3c1OCO3)nn2[C@@H]1CCCNC1. The Morgan fingerprint density at radius 2 is 1.97 bits per heavy atom. The number of carbonyl (C=O) groups is 1. The Labute approximate surface area is 218 Å². The molecule has 0 radical (unpaired) electrons. The maximum Gasteiger partial charge on any atom is 0.417 e. The number of rotatable bonds is 4. The number of hydrogen-bond acceptors (Lipinski definition) is 8. The van der Waals surface area contributed by atoms with Crippen LogP contribution in [0.25, 0.3) is 22.3 Å². The van der Waals surface area contributed by atoms with Crippen LogP contribution in [0.3, 0.4) is 0 Å². The average molecular weight is 543 g/mol. The molecule has 2 aliphatic rings. The molecule has 2 aromatic carbocycles. The number of alkyl halides is 3. The van der Waals surface area contributed by atoms with E-state index in [0.717, 1.165) is 31.5 Å². The van der Waals surface area contributed by atoms with Gasteiger partial charge in [0, 0.05) is 12.1 Å². The number of nitrogens with one attached hydrogen (secondary N) is 2. The molecule has 2 aliphatic heterocycles. The van der Waals surface area contributed by atoms with Crippen molar-refractivity contribution in [3.05, 3.63) is 53.6 Å². The number of nitrogens with zero attached hydrogens (tertiary/aromatic N) is 4. The second-order valence-corrected chi connectivity index (χ2v) is 9.12. The molecule has 1 amide bonds. The minimum absolute atomic E-state index is 0.0339. The van der Waals surface area contributed by atoms with Crippen LogP contribution >= 0.6 is 0 Å². The van der Waals surface area contributed by atoms with Crippen molar-refractivity contribution in [2.75, 3.05) is 30.9 Å². The summed E-state index contributed by atoms with van der Waals surface area (Å²) < 4.78 is 67.0. The quantitative estimate of drug-likeness (QED) is 0.328. The predicted octanol–water partition coefficient (Wildman–Crippen LogP) is 4.14. The van der Waals surface area contributed by atoms with Crippen LogP contribution in [0.5, 0.6) is 11.5 Å². The summed E-state index contributed by atoms with van der Waals surface area (Å²) in [6.45, 7) is 1.41. The van der Waals surface area contributed by atoms with Gasteiger partial charge in [-0.25, -0.2) is 19.0 Å². The van der Waals surface area contributed by atoms with Crippen molar-refractivity contribution in [3.63, 3.8) is 0 Å².